The Morgan fingerprint density at radius 3 is 2.76 bits per heavy atom. The molecule has 0 radical (unpaired) electrons. The minimum atomic E-state index is 0.0315. The number of hydrogen-bond acceptors (Lipinski definition) is 1. The Morgan fingerprint density at radius 1 is 1.29 bits per heavy atom. The Labute approximate surface area is 103 Å². The fourth-order valence-corrected chi connectivity index (χ4v) is 3.99. The van der Waals surface area contributed by atoms with Gasteiger partial charge in [0.05, 0.1) is 0 Å². The molecule has 1 aromatic carbocycles. The maximum Gasteiger partial charge on any atom is 0.169 e. The van der Waals surface area contributed by atoms with Crippen LogP contribution >= 0.6 is 0 Å². The van der Waals surface area contributed by atoms with Crippen molar-refractivity contribution < 1.29 is 4.79 Å². The SMILES string of the molecule is CCC[C@]12C[C@H]1C(CC)c1ccccc1C2=O. The molecule has 3 atom stereocenters. The molecule has 2 aliphatic rings. The molecule has 17 heavy (non-hydrogen) atoms. The first kappa shape index (κ1) is 11.0. The van der Waals surface area contributed by atoms with E-state index in [1.54, 1.807) is 0 Å². The molecule has 0 spiro atoms. The first-order valence-corrected chi connectivity index (χ1v) is 6.88. The molecule has 0 aromatic heterocycles. The molecule has 0 aliphatic heterocycles. The Hall–Kier alpha value is -1.11. The Morgan fingerprint density at radius 2 is 2.06 bits per heavy atom. The topological polar surface area (TPSA) is 17.1 Å². The minimum Gasteiger partial charge on any atom is -0.294 e. The zero-order valence-electron chi connectivity index (χ0n) is 10.7. The van der Waals surface area contributed by atoms with E-state index in [1.165, 1.54) is 12.0 Å². The lowest BCUT2D eigenvalue weighted by Gasteiger charge is -2.29. The predicted octanol–water partition coefficient (Wildman–Crippen LogP) is 4.18. The van der Waals surface area contributed by atoms with Crippen molar-refractivity contribution in [1.29, 1.82) is 0 Å². The number of hydrogen-bond donors (Lipinski definition) is 0. The molecule has 0 heterocycles. The Kier molecular flexibility index (Phi) is 2.39. The second-order valence-electron chi connectivity index (χ2n) is 5.65. The van der Waals surface area contributed by atoms with Gasteiger partial charge in [0, 0.05) is 11.0 Å². The molecule has 0 N–H and O–H groups in total. The summed E-state index contributed by atoms with van der Waals surface area (Å²) in [5.41, 5.74) is 2.36. The van der Waals surface area contributed by atoms with Crippen LogP contribution in [0.5, 0.6) is 0 Å². The molecule has 1 unspecified atom stereocenters. The standard InChI is InChI=1S/C16H20O/c1-3-9-16-10-14(16)11(4-2)12-7-5-6-8-13(12)15(16)17/h5-8,11,14H,3-4,9-10H2,1-2H3/t11?,14-,16-/m0/s1. The number of carbonyl (C=O) groups is 1. The summed E-state index contributed by atoms with van der Waals surface area (Å²) in [5.74, 6) is 1.69. The van der Waals surface area contributed by atoms with Gasteiger partial charge in [0.15, 0.2) is 5.78 Å². The van der Waals surface area contributed by atoms with Crippen molar-refractivity contribution in [3.63, 3.8) is 0 Å². The van der Waals surface area contributed by atoms with E-state index in [9.17, 15) is 4.79 Å². The monoisotopic (exact) mass is 228 g/mol. The second-order valence-corrected chi connectivity index (χ2v) is 5.65. The van der Waals surface area contributed by atoms with Gasteiger partial charge >= 0.3 is 0 Å². The van der Waals surface area contributed by atoms with Gasteiger partial charge in [-0.15, -0.1) is 0 Å². The molecule has 0 bridgehead atoms. The highest BCUT2D eigenvalue weighted by Crippen LogP contribution is 2.67. The van der Waals surface area contributed by atoms with E-state index >= 15 is 0 Å². The number of Topliss-reactive ketones (excluding diaryl/α,β-unsaturated/α-hetero) is 1. The molecule has 90 valence electrons. The summed E-state index contributed by atoms with van der Waals surface area (Å²) in [5, 5.41) is 0. The third kappa shape index (κ3) is 1.34. The average molecular weight is 228 g/mol. The number of rotatable bonds is 3. The fourth-order valence-electron chi connectivity index (χ4n) is 3.99. The van der Waals surface area contributed by atoms with Crippen LogP contribution in [0.25, 0.3) is 0 Å². The van der Waals surface area contributed by atoms with Crippen LogP contribution in [-0.4, -0.2) is 5.78 Å². The summed E-state index contributed by atoms with van der Waals surface area (Å²) in [7, 11) is 0. The lowest BCUT2D eigenvalue weighted by atomic mass is 9.73. The van der Waals surface area contributed by atoms with Crippen molar-refractivity contribution in [2.75, 3.05) is 0 Å². The molecule has 0 amide bonds. The van der Waals surface area contributed by atoms with Crippen molar-refractivity contribution in [2.45, 2.75) is 45.4 Å². The average Bonchev–Trinajstić information content (AvgIpc) is 3.06. The van der Waals surface area contributed by atoms with Gasteiger partial charge < -0.3 is 0 Å². The van der Waals surface area contributed by atoms with Crippen LogP contribution in [0, 0.1) is 11.3 Å². The van der Waals surface area contributed by atoms with Crippen molar-refractivity contribution >= 4 is 5.78 Å². The molecule has 1 fully saturated rings. The van der Waals surface area contributed by atoms with Crippen molar-refractivity contribution in [3.8, 4) is 0 Å². The van der Waals surface area contributed by atoms with E-state index in [1.807, 2.05) is 12.1 Å². The Bertz CT molecular complexity index is 462. The molecule has 3 rings (SSSR count). The normalized spacial score (nSPS) is 34.1. The zero-order valence-corrected chi connectivity index (χ0v) is 10.7. The maximum absolute atomic E-state index is 12.6. The first-order chi connectivity index (χ1) is 8.24. The molecule has 2 aliphatic carbocycles. The van der Waals surface area contributed by atoms with Crippen LogP contribution in [0.1, 0.15) is 61.4 Å². The van der Waals surface area contributed by atoms with Gasteiger partial charge in [0.1, 0.15) is 0 Å². The molecular weight excluding hydrogens is 208 g/mol. The highest BCUT2D eigenvalue weighted by molar-refractivity contribution is 6.05. The molecule has 0 saturated heterocycles. The summed E-state index contributed by atoms with van der Waals surface area (Å²) in [4.78, 5) is 12.6. The second kappa shape index (κ2) is 3.69. The van der Waals surface area contributed by atoms with E-state index < -0.39 is 0 Å². The third-order valence-corrected chi connectivity index (χ3v) is 4.81. The van der Waals surface area contributed by atoms with E-state index in [2.05, 4.69) is 26.0 Å². The zero-order chi connectivity index (χ0) is 12.0. The molecule has 1 aromatic rings. The van der Waals surface area contributed by atoms with Crippen LogP contribution in [0.2, 0.25) is 0 Å². The van der Waals surface area contributed by atoms with Gasteiger partial charge in [0.25, 0.3) is 0 Å². The quantitative estimate of drug-likeness (QED) is 0.758. The van der Waals surface area contributed by atoms with Crippen LogP contribution in [-0.2, 0) is 0 Å². The van der Waals surface area contributed by atoms with Gasteiger partial charge in [-0.1, -0.05) is 44.5 Å². The van der Waals surface area contributed by atoms with E-state index in [-0.39, 0.29) is 5.41 Å². The molecule has 1 saturated carbocycles. The van der Waals surface area contributed by atoms with Crippen LogP contribution < -0.4 is 0 Å². The summed E-state index contributed by atoms with van der Waals surface area (Å²) >= 11 is 0. The number of carbonyl (C=O) groups excluding carboxylic acids is 1. The third-order valence-electron chi connectivity index (χ3n) is 4.81. The summed E-state index contributed by atoms with van der Waals surface area (Å²) in [6, 6.07) is 8.28. The van der Waals surface area contributed by atoms with E-state index in [0.717, 1.165) is 24.8 Å². The minimum absolute atomic E-state index is 0.0315. The molecule has 1 nitrogen and oxygen atoms in total. The summed E-state index contributed by atoms with van der Waals surface area (Å²) in [6.07, 6.45) is 4.51. The molecular formula is C16H20O. The largest absolute Gasteiger partial charge is 0.294 e. The maximum atomic E-state index is 12.6. The highest BCUT2D eigenvalue weighted by Gasteiger charge is 2.64. The number of ketones is 1. The van der Waals surface area contributed by atoms with Crippen LogP contribution in [0.15, 0.2) is 24.3 Å². The number of benzene rings is 1. The van der Waals surface area contributed by atoms with Crippen molar-refractivity contribution in [1.82, 2.24) is 0 Å². The van der Waals surface area contributed by atoms with Crippen molar-refractivity contribution in [3.05, 3.63) is 35.4 Å². The van der Waals surface area contributed by atoms with Gasteiger partial charge in [-0.2, -0.15) is 0 Å². The first-order valence-electron chi connectivity index (χ1n) is 6.88. The lowest BCUT2D eigenvalue weighted by Crippen LogP contribution is -2.27. The summed E-state index contributed by atoms with van der Waals surface area (Å²) < 4.78 is 0. The van der Waals surface area contributed by atoms with Gasteiger partial charge in [0.2, 0.25) is 0 Å². The Balaban J connectivity index is 2.08. The van der Waals surface area contributed by atoms with Crippen molar-refractivity contribution in [2.24, 2.45) is 11.3 Å². The number of fused-ring (bicyclic) bond motifs is 2. The molecule has 1 heteroatoms. The highest BCUT2D eigenvalue weighted by atomic mass is 16.1. The van der Waals surface area contributed by atoms with E-state index in [4.69, 9.17) is 0 Å². The fraction of sp³-hybridized carbons (Fsp3) is 0.562. The van der Waals surface area contributed by atoms with Crippen LogP contribution in [0.4, 0.5) is 0 Å². The van der Waals surface area contributed by atoms with E-state index in [0.29, 0.717) is 17.6 Å². The predicted molar refractivity (Wildman–Crippen MR) is 69.3 cm³/mol. The lowest BCUT2D eigenvalue weighted by molar-refractivity contribution is 0.0857. The van der Waals surface area contributed by atoms with Crippen LogP contribution in [0.3, 0.4) is 0 Å². The smallest absolute Gasteiger partial charge is 0.169 e. The van der Waals surface area contributed by atoms with Gasteiger partial charge in [-0.3, -0.25) is 4.79 Å². The summed E-state index contributed by atoms with van der Waals surface area (Å²) in [6.45, 7) is 4.45. The van der Waals surface area contributed by atoms with Gasteiger partial charge in [-0.05, 0) is 36.7 Å². The van der Waals surface area contributed by atoms with Gasteiger partial charge in [-0.25, -0.2) is 0 Å².